The molecule has 0 saturated heterocycles. The molecule has 0 amide bonds. The molecule has 0 unspecified atom stereocenters. The number of aromatic nitrogens is 2. The molecule has 1 heterocycles. The molecule has 0 fully saturated rings. The van der Waals surface area contributed by atoms with Crippen LogP contribution in [-0.2, 0) is 16.4 Å². The number of anilines is 1. The summed E-state index contributed by atoms with van der Waals surface area (Å²) in [6.07, 6.45) is 3.38. The Morgan fingerprint density at radius 2 is 2.21 bits per heavy atom. The highest BCUT2D eigenvalue weighted by molar-refractivity contribution is 7.90. The van der Waals surface area contributed by atoms with Crippen LogP contribution in [0.4, 0.5) is 5.69 Å². The van der Waals surface area contributed by atoms with E-state index in [0.717, 1.165) is 5.69 Å². The van der Waals surface area contributed by atoms with Crippen molar-refractivity contribution in [1.82, 2.24) is 9.78 Å². The minimum Gasteiger partial charge on any atom is -0.396 e. The summed E-state index contributed by atoms with van der Waals surface area (Å²) in [5, 5.41) is 4.03. The largest absolute Gasteiger partial charge is 0.396 e. The van der Waals surface area contributed by atoms with Crippen LogP contribution in [0.1, 0.15) is 12.1 Å². The Morgan fingerprint density at radius 1 is 1.57 bits per heavy atom. The van der Waals surface area contributed by atoms with E-state index in [0.29, 0.717) is 18.7 Å². The highest BCUT2D eigenvalue weighted by Gasteiger charge is 2.05. The third-order valence-electron chi connectivity index (χ3n) is 2.03. The summed E-state index contributed by atoms with van der Waals surface area (Å²) in [5.74, 6) is 0.187. The van der Waals surface area contributed by atoms with Gasteiger partial charge in [-0.05, 0) is 13.3 Å². The van der Waals surface area contributed by atoms with E-state index in [2.05, 4.69) is 5.10 Å². The normalized spacial score (nSPS) is 11.9. The van der Waals surface area contributed by atoms with E-state index >= 15 is 0 Å². The lowest BCUT2D eigenvalue weighted by atomic mass is 10.4. The van der Waals surface area contributed by atoms with Crippen LogP contribution in [-0.4, -0.2) is 30.2 Å². The first-order chi connectivity index (χ1) is 6.40. The number of rotatable bonds is 4. The highest BCUT2D eigenvalue weighted by Crippen LogP contribution is 2.08. The fraction of sp³-hybridized carbons (Fsp3) is 0.625. The molecule has 0 bridgehead atoms. The summed E-state index contributed by atoms with van der Waals surface area (Å²) < 4.78 is 23.4. The molecule has 14 heavy (non-hydrogen) atoms. The average Bonchev–Trinajstić information content (AvgIpc) is 2.33. The Bertz CT molecular complexity index is 408. The molecule has 0 aliphatic heterocycles. The van der Waals surface area contributed by atoms with Crippen molar-refractivity contribution in [1.29, 1.82) is 0 Å². The molecule has 0 aliphatic carbocycles. The fourth-order valence-corrected chi connectivity index (χ4v) is 1.82. The van der Waals surface area contributed by atoms with Crippen LogP contribution in [0.15, 0.2) is 6.20 Å². The van der Waals surface area contributed by atoms with Crippen molar-refractivity contribution in [2.75, 3.05) is 17.7 Å². The lowest BCUT2D eigenvalue weighted by molar-refractivity contribution is 0.569. The third-order valence-corrected chi connectivity index (χ3v) is 3.06. The van der Waals surface area contributed by atoms with Gasteiger partial charge in [0.25, 0.3) is 0 Å². The van der Waals surface area contributed by atoms with Gasteiger partial charge in [0, 0.05) is 12.8 Å². The van der Waals surface area contributed by atoms with E-state index in [1.54, 1.807) is 10.9 Å². The Kier molecular flexibility index (Phi) is 3.15. The number of hydrogen-bond donors (Lipinski definition) is 1. The number of sulfone groups is 1. The van der Waals surface area contributed by atoms with Crippen molar-refractivity contribution in [2.24, 2.45) is 0 Å². The maximum Gasteiger partial charge on any atom is 0.147 e. The molecular weight excluding hydrogens is 202 g/mol. The molecule has 0 spiro atoms. The molecule has 1 rings (SSSR count). The van der Waals surface area contributed by atoms with Gasteiger partial charge in [-0.3, -0.25) is 4.68 Å². The van der Waals surface area contributed by atoms with Crippen LogP contribution in [0.3, 0.4) is 0 Å². The van der Waals surface area contributed by atoms with Gasteiger partial charge in [-0.1, -0.05) is 0 Å². The molecule has 2 N–H and O–H groups in total. The van der Waals surface area contributed by atoms with Gasteiger partial charge < -0.3 is 5.73 Å². The topological polar surface area (TPSA) is 78.0 Å². The molecule has 6 heteroatoms. The molecule has 80 valence electrons. The molecule has 0 aromatic carbocycles. The van der Waals surface area contributed by atoms with Crippen LogP contribution >= 0.6 is 0 Å². The smallest absolute Gasteiger partial charge is 0.147 e. The van der Waals surface area contributed by atoms with Gasteiger partial charge >= 0.3 is 0 Å². The van der Waals surface area contributed by atoms with E-state index in [-0.39, 0.29) is 5.75 Å². The highest BCUT2D eigenvalue weighted by atomic mass is 32.2. The molecule has 0 aliphatic rings. The zero-order chi connectivity index (χ0) is 10.8. The summed E-state index contributed by atoms with van der Waals surface area (Å²) in [6.45, 7) is 2.46. The van der Waals surface area contributed by atoms with Gasteiger partial charge in [-0.15, -0.1) is 0 Å². The summed E-state index contributed by atoms with van der Waals surface area (Å²) in [7, 11) is -2.87. The Labute approximate surface area is 83.8 Å². The lowest BCUT2D eigenvalue weighted by Crippen LogP contribution is -2.09. The average molecular weight is 217 g/mol. The van der Waals surface area contributed by atoms with E-state index in [9.17, 15) is 8.42 Å². The fourth-order valence-electron chi connectivity index (χ4n) is 1.16. The van der Waals surface area contributed by atoms with Gasteiger partial charge in [0.2, 0.25) is 0 Å². The second-order valence-electron chi connectivity index (χ2n) is 3.39. The quantitative estimate of drug-likeness (QED) is 0.782. The molecule has 0 atom stereocenters. The lowest BCUT2D eigenvalue weighted by Gasteiger charge is -2.03. The standard InChI is InChI=1S/C8H15N3O2S/c1-7-8(9)6-10-11(7)4-3-5-14(2,12)13/h6H,3-5,9H2,1-2H3. The van der Waals surface area contributed by atoms with Crippen LogP contribution in [0.2, 0.25) is 0 Å². The van der Waals surface area contributed by atoms with Gasteiger partial charge in [0.15, 0.2) is 0 Å². The van der Waals surface area contributed by atoms with Gasteiger partial charge in [-0.25, -0.2) is 8.42 Å². The predicted molar refractivity (Wildman–Crippen MR) is 55.7 cm³/mol. The maximum atomic E-state index is 10.9. The first-order valence-corrected chi connectivity index (χ1v) is 6.42. The first kappa shape index (κ1) is 11.0. The van der Waals surface area contributed by atoms with Crippen LogP contribution in [0, 0.1) is 6.92 Å². The minimum absolute atomic E-state index is 0.187. The summed E-state index contributed by atoms with van der Waals surface area (Å²) in [4.78, 5) is 0. The number of aryl methyl sites for hydroxylation is 1. The van der Waals surface area contributed by atoms with E-state index in [1.165, 1.54) is 6.26 Å². The maximum absolute atomic E-state index is 10.9. The molecule has 1 aromatic rings. The summed E-state index contributed by atoms with van der Waals surface area (Å²) in [6, 6.07) is 0. The van der Waals surface area contributed by atoms with Crippen molar-refractivity contribution >= 4 is 15.5 Å². The zero-order valence-corrected chi connectivity index (χ0v) is 9.21. The van der Waals surface area contributed by atoms with Crippen LogP contribution in [0.5, 0.6) is 0 Å². The monoisotopic (exact) mass is 217 g/mol. The second-order valence-corrected chi connectivity index (χ2v) is 5.65. The number of nitrogen functional groups attached to an aromatic ring is 1. The Balaban J connectivity index is 2.51. The number of hydrogen-bond acceptors (Lipinski definition) is 4. The molecule has 5 nitrogen and oxygen atoms in total. The van der Waals surface area contributed by atoms with Crippen molar-refractivity contribution in [3.05, 3.63) is 11.9 Å². The molecular formula is C8H15N3O2S. The molecule has 0 radical (unpaired) electrons. The number of nitrogens with two attached hydrogens (primary N) is 1. The van der Waals surface area contributed by atoms with Crippen LogP contribution < -0.4 is 5.73 Å². The second kappa shape index (κ2) is 4.00. The van der Waals surface area contributed by atoms with Crippen LogP contribution in [0.25, 0.3) is 0 Å². The van der Waals surface area contributed by atoms with Gasteiger partial charge in [0.1, 0.15) is 9.84 Å². The first-order valence-electron chi connectivity index (χ1n) is 4.36. The van der Waals surface area contributed by atoms with Crippen molar-refractivity contribution in [2.45, 2.75) is 19.9 Å². The molecule has 0 saturated carbocycles. The van der Waals surface area contributed by atoms with Crippen molar-refractivity contribution in [3.8, 4) is 0 Å². The predicted octanol–water partition coefficient (Wildman–Crippen LogP) is 0.208. The van der Waals surface area contributed by atoms with Gasteiger partial charge in [0.05, 0.1) is 23.3 Å². The minimum atomic E-state index is -2.87. The van der Waals surface area contributed by atoms with E-state index in [1.807, 2.05) is 6.92 Å². The van der Waals surface area contributed by atoms with E-state index in [4.69, 9.17) is 5.73 Å². The molecule has 1 aromatic heterocycles. The zero-order valence-electron chi connectivity index (χ0n) is 8.40. The summed E-state index contributed by atoms with van der Waals surface area (Å²) >= 11 is 0. The van der Waals surface area contributed by atoms with Gasteiger partial charge in [-0.2, -0.15) is 5.10 Å². The number of nitrogens with zero attached hydrogens (tertiary/aromatic N) is 2. The van der Waals surface area contributed by atoms with Crippen molar-refractivity contribution < 1.29 is 8.42 Å². The Hall–Kier alpha value is -1.04. The Morgan fingerprint density at radius 3 is 2.64 bits per heavy atom. The third kappa shape index (κ3) is 3.02. The van der Waals surface area contributed by atoms with Crippen molar-refractivity contribution in [3.63, 3.8) is 0 Å². The SMILES string of the molecule is Cc1c(N)cnn1CCCS(C)(=O)=O. The van der Waals surface area contributed by atoms with E-state index < -0.39 is 9.84 Å². The summed E-state index contributed by atoms with van der Waals surface area (Å²) in [5.41, 5.74) is 7.13.